The quantitative estimate of drug-likeness (QED) is 0.464. The van der Waals surface area contributed by atoms with Gasteiger partial charge < -0.3 is 9.53 Å². The number of carbonyl (C=O) groups excluding carboxylic acids is 1. The molecule has 16 heavy (non-hydrogen) atoms. The van der Waals surface area contributed by atoms with E-state index >= 15 is 0 Å². The smallest absolute Gasteiger partial charge is 0.148 e. The van der Waals surface area contributed by atoms with Crippen LogP contribution in [0.2, 0.25) is 0 Å². The Balaban J connectivity index is 4.35. The second-order valence-corrected chi connectivity index (χ2v) is 4.54. The first kappa shape index (κ1) is 15.1. The van der Waals surface area contributed by atoms with Crippen LogP contribution in [-0.2, 0) is 9.53 Å². The monoisotopic (exact) mass is 224 g/mol. The van der Waals surface area contributed by atoms with Crippen molar-refractivity contribution < 1.29 is 9.53 Å². The highest BCUT2D eigenvalue weighted by Crippen LogP contribution is 2.22. The predicted molar refractivity (Wildman–Crippen MR) is 68.5 cm³/mol. The molecule has 0 spiro atoms. The Morgan fingerprint density at radius 3 is 2.50 bits per heavy atom. The number of carbonyl (C=O) groups is 1. The third-order valence-corrected chi connectivity index (χ3v) is 2.60. The number of hydrogen-bond acceptors (Lipinski definition) is 2. The van der Waals surface area contributed by atoms with Gasteiger partial charge in [-0.2, -0.15) is 0 Å². The van der Waals surface area contributed by atoms with E-state index in [0.717, 1.165) is 19.1 Å². The Hall–Kier alpha value is -0.890. The van der Waals surface area contributed by atoms with Gasteiger partial charge in [-0.05, 0) is 40.0 Å². The van der Waals surface area contributed by atoms with Gasteiger partial charge in [-0.15, -0.1) is 6.58 Å². The van der Waals surface area contributed by atoms with Gasteiger partial charge in [-0.3, -0.25) is 0 Å². The van der Waals surface area contributed by atoms with Crippen molar-refractivity contribution in [2.75, 3.05) is 0 Å². The van der Waals surface area contributed by atoms with Gasteiger partial charge in [0, 0.05) is 0 Å². The van der Waals surface area contributed by atoms with E-state index in [1.807, 2.05) is 13.8 Å². The molecule has 0 aliphatic rings. The van der Waals surface area contributed by atoms with Gasteiger partial charge >= 0.3 is 0 Å². The van der Waals surface area contributed by atoms with Crippen LogP contribution >= 0.6 is 0 Å². The molecule has 2 atom stereocenters. The molecule has 0 N–H and O–H groups in total. The minimum atomic E-state index is -0.409. The molecular formula is C14H24O2. The number of allylic oxidation sites excluding steroid dienone is 2. The summed E-state index contributed by atoms with van der Waals surface area (Å²) in [5, 5.41) is 0. The molecule has 0 bridgehead atoms. The second-order valence-electron chi connectivity index (χ2n) is 4.54. The Labute approximate surface area is 99.4 Å². The molecule has 92 valence electrons. The molecule has 0 aromatic heterocycles. The standard InChI is InChI=1S/C14H24O2/c1-6-13(11-15)16-14(5,7-2)10-8-9-12(3)4/h7,9,11,13H,2,6,8,10H2,1,3-5H3. The average molecular weight is 224 g/mol. The molecule has 0 aliphatic carbocycles. The number of ether oxygens (including phenoxy) is 1. The molecule has 2 unspecified atom stereocenters. The van der Waals surface area contributed by atoms with Crippen LogP contribution in [0.5, 0.6) is 0 Å². The van der Waals surface area contributed by atoms with Crippen LogP contribution in [0.15, 0.2) is 24.3 Å². The highest BCUT2D eigenvalue weighted by Gasteiger charge is 2.23. The third-order valence-electron chi connectivity index (χ3n) is 2.60. The second kappa shape index (κ2) is 7.39. The van der Waals surface area contributed by atoms with E-state index in [1.54, 1.807) is 6.08 Å². The van der Waals surface area contributed by atoms with Gasteiger partial charge in [0.2, 0.25) is 0 Å². The lowest BCUT2D eigenvalue weighted by molar-refractivity contribution is -0.127. The van der Waals surface area contributed by atoms with Gasteiger partial charge in [0.1, 0.15) is 12.4 Å². The summed E-state index contributed by atoms with van der Waals surface area (Å²) >= 11 is 0. The molecule has 0 amide bonds. The third kappa shape index (κ3) is 5.86. The fourth-order valence-electron chi connectivity index (χ4n) is 1.41. The van der Waals surface area contributed by atoms with Crippen LogP contribution in [0.1, 0.15) is 47.0 Å². The summed E-state index contributed by atoms with van der Waals surface area (Å²) in [6.07, 6.45) is 7.00. The van der Waals surface area contributed by atoms with Crippen LogP contribution in [-0.4, -0.2) is 18.0 Å². The maximum Gasteiger partial charge on any atom is 0.148 e. The zero-order valence-electron chi connectivity index (χ0n) is 11.0. The first-order chi connectivity index (χ1) is 7.47. The van der Waals surface area contributed by atoms with E-state index < -0.39 is 5.60 Å². The molecule has 2 heteroatoms. The van der Waals surface area contributed by atoms with E-state index in [2.05, 4.69) is 26.5 Å². The molecule has 0 radical (unpaired) electrons. The van der Waals surface area contributed by atoms with Crippen molar-refractivity contribution in [3.63, 3.8) is 0 Å². The van der Waals surface area contributed by atoms with Crippen LogP contribution in [0.3, 0.4) is 0 Å². The zero-order chi connectivity index (χ0) is 12.6. The summed E-state index contributed by atoms with van der Waals surface area (Å²) in [5.74, 6) is 0. The first-order valence-corrected chi connectivity index (χ1v) is 5.87. The number of rotatable bonds is 8. The molecule has 0 fully saturated rings. The largest absolute Gasteiger partial charge is 0.361 e. The summed E-state index contributed by atoms with van der Waals surface area (Å²) in [7, 11) is 0. The molecule has 0 heterocycles. The molecule has 0 saturated carbocycles. The Morgan fingerprint density at radius 2 is 2.12 bits per heavy atom. The zero-order valence-corrected chi connectivity index (χ0v) is 11.0. The fourth-order valence-corrected chi connectivity index (χ4v) is 1.41. The lowest BCUT2D eigenvalue weighted by atomic mass is 9.98. The SMILES string of the molecule is C=CC(C)(CCC=C(C)C)OC(C=O)CC. The number of hydrogen-bond donors (Lipinski definition) is 0. The number of aldehydes is 1. The minimum absolute atomic E-state index is 0.324. The molecule has 0 aromatic carbocycles. The van der Waals surface area contributed by atoms with Crippen molar-refractivity contribution >= 4 is 6.29 Å². The normalized spacial score (nSPS) is 16.0. The van der Waals surface area contributed by atoms with Gasteiger partial charge in [0.25, 0.3) is 0 Å². The van der Waals surface area contributed by atoms with E-state index in [4.69, 9.17) is 4.74 Å². The highest BCUT2D eigenvalue weighted by molar-refractivity contribution is 5.55. The van der Waals surface area contributed by atoms with E-state index in [9.17, 15) is 4.79 Å². The van der Waals surface area contributed by atoms with Crippen molar-refractivity contribution in [3.05, 3.63) is 24.3 Å². The van der Waals surface area contributed by atoms with Crippen molar-refractivity contribution in [2.45, 2.75) is 58.7 Å². The average Bonchev–Trinajstić information content (AvgIpc) is 2.25. The van der Waals surface area contributed by atoms with Crippen molar-refractivity contribution in [2.24, 2.45) is 0 Å². The predicted octanol–water partition coefficient (Wildman–Crippen LogP) is 3.67. The van der Waals surface area contributed by atoms with E-state index in [-0.39, 0.29) is 6.10 Å². The van der Waals surface area contributed by atoms with Gasteiger partial charge in [0.15, 0.2) is 0 Å². The molecule has 0 saturated heterocycles. The van der Waals surface area contributed by atoms with E-state index in [0.29, 0.717) is 6.42 Å². The lowest BCUT2D eigenvalue weighted by Gasteiger charge is -2.28. The Morgan fingerprint density at radius 1 is 1.50 bits per heavy atom. The summed E-state index contributed by atoms with van der Waals surface area (Å²) in [6, 6.07) is 0. The summed E-state index contributed by atoms with van der Waals surface area (Å²) in [5.41, 5.74) is 0.891. The summed E-state index contributed by atoms with van der Waals surface area (Å²) < 4.78 is 5.75. The highest BCUT2D eigenvalue weighted by atomic mass is 16.5. The molecular weight excluding hydrogens is 200 g/mol. The van der Waals surface area contributed by atoms with Gasteiger partial charge in [-0.1, -0.05) is 24.6 Å². The van der Waals surface area contributed by atoms with Crippen LogP contribution in [0.4, 0.5) is 0 Å². The summed E-state index contributed by atoms with van der Waals surface area (Å²) in [6.45, 7) is 11.9. The van der Waals surface area contributed by atoms with Crippen molar-refractivity contribution in [1.82, 2.24) is 0 Å². The van der Waals surface area contributed by atoms with Crippen molar-refractivity contribution in [3.8, 4) is 0 Å². The lowest BCUT2D eigenvalue weighted by Crippen LogP contribution is -2.32. The first-order valence-electron chi connectivity index (χ1n) is 5.87. The topological polar surface area (TPSA) is 26.3 Å². The van der Waals surface area contributed by atoms with Crippen LogP contribution < -0.4 is 0 Å². The molecule has 0 aliphatic heterocycles. The maximum atomic E-state index is 10.7. The van der Waals surface area contributed by atoms with Gasteiger partial charge in [0.05, 0.1) is 5.60 Å². The minimum Gasteiger partial charge on any atom is -0.361 e. The fraction of sp³-hybridized carbons (Fsp3) is 0.643. The van der Waals surface area contributed by atoms with E-state index in [1.165, 1.54) is 5.57 Å². The molecule has 0 rings (SSSR count). The Bertz CT molecular complexity index is 251. The van der Waals surface area contributed by atoms with Crippen molar-refractivity contribution in [1.29, 1.82) is 0 Å². The van der Waals surface area contributed by atoms with Gasteiger partial charge in [-0.25, -0.2) is 0 Å². The van der Waals surface area contributed by atoms with Crippen LogP contribution in [0.25, 0.3) is 0 Å². The molecule has 0 aromatic rings. The maximum absolute atomic E-state index is 10.7. The summed E-state index contributed by atoms with van der Waals surface area (Å²) in [4.78, 5) is 10.7. The molecule has 2 nitrogen and oxygen atoms in total. The Kier molecular flexibility index (Phi) is 6.98. The van der Waals surface area contributed by atoms with Crippen LogP contribution in [0, 0.1) is 0 Å².